The summed E-state index contributed by atoms with van der Waals surface area (Å²) in [7, 11) is 1.54. The number of carbonyl (C=O) groups excluding carboxylic acids is 3. The molecular weight excluding hydrogens is 338 g/mol. The van der Waals surface area contributed by atoms with Gasteiger partial charge in [-0.2, -0.15) is 0 Å². The molecule has 0 spiro atoms. The third-order valence-corrected chi connectivity index (χ3v) is 4.60. The number of thioether (sulfide) groups is 1. The molecule has 0 bridgehead atoms. The molecule has 0 unspecified atom stereocenters. The Hall–Kier alpha value is -2.86. The lowest BCUT2D eigenvalue weighted by Gasteiger charge is -2.11. The van der Waals surface area contributed by atoms with Gasteiger partial charge < -0.3 is 4.74 Å². The highest BCUT2D eigenvalue weighted by atomic mass is 32.2. The van der Waals surface area contributed by atoms with Crippen LogP contribution in [0, 0.1) is 0 Å². The maximum Gasteiger partial charge on any atom is 0.293 e. The van der Waals surface area contributed by atoms with Crippen molar-refractivity contribution in [1.29, 1.82) is 0 Å². The molecule has 2 aromatic carbocycles. The molecule has 0 aromatic heterocycles. The number of ketones is 1. The predicted octanol–water partition coefficient (Wildman–Crippen LogP) is 3.61. The van der Waals surface area contributed by atoms with Crippen LogP contribution in [0.15, 0.2) is 59.5 Å². The van der Waals surface area contributed by atoms with E-state index in [9.17, 15) is 14.4 Å². The number of hydrogen-bond donors (Lipinski definition) is 0. The number of para-hydroxylation sites is 1. The zero-order chi connectivity index (χ0) is 17.8. The molecule has 1 aliphatic heterocycles. The third-order valence-electron chi connectivity index (χ3n) is 3.70. The fraction of sp³-hybridized carbons (Fsp3) is 0.105. The van der Waals surface area contributed by atoms with E-state index in [1.165, 1.54) is 7.11 Å². The molecule has 1 saturated heterocycles. The van der Waals surface area contributed by atoms with E-state index in [1.54, 1.807) is 48.5 Å². The highest BCUT2D eigenvalue weighted by molar-refractivity contribution is 8.18. The Morgan fingerprint density at radius 2 is 1.76 bits per heavy atom. The van der Waals surface area contributed by atoms with Gasteiger partial charge in [0.25, 0.3) is 11.1 Å². The predicted molar refractivity (Wildman–Crippen MR) is 96.4 cm³/mol. The zero-order valence-electron chi connectivity index (χ0n) is 13.5. The second-order valence-electron chi connectivity index (χ2n) is 5.30. The number of carbonyl (C=O) groups is 3. The molecule has 1 aliphatic rings. The molecule has 5 nitrogen and oxygen atoms in total. The lowest BCUT2D eigenvalue weighted by atomic mass is 10.1. The maximum absolute atomic E-state index is 12.5. The molecule has 0 saturated carbocycles. The van der Waals surface area contributed by atoms with Gasteiger partial charge in [-0.05, 0) is 23.9 Å². The Morgan fingerprint density at radius 1 is 1.08 bits per heavy atom. The number of hydrogen-bond acceptors (Lipinski definition) is 5. The number of ether oxygens (including phenoxy) is 1. The average molecular weight is 353 g/mol. The van der Waals surface area contributed by atoms with Crippen LogP contribution in [0.1, 0.15) is 15.9 Å². The van der Waals surface area contributed by atoms with Gasteiger partial charge in [-0.15, -0.1) is 0 Å². The first-order valence-electron chi connectivity index (χ1n) is 7.57. The summed E-state index contributed by atoms with van der Waals surface area (Å²) in [6.45, 7) is -0.266. The molecular formula is C19H15NO4S. The first kappa shape index (κ1) is 17.0. The van der Waals surface area contributed by atoms with Crippen molar-refractivity contribution in [1.82, 2.24) is 4.90 Å². The van der Waals surface area contributed by atoms with Crippen LogP contribution >= 0.6 is 11.8 Å². The van der Waals surface area contributed by atoms with Crippen molar-refractivity contribution in [3.63, 3.8) is 0 Å². The summed E-state index contributed by atoms with van der Waals surface area (Å²) in [5.41, 5.74) is 1.17. The Morgan fingerprint density at radius 3 is 2.48 bits per heavy atom. The first-order valence-corrected chi connectivity index (χ1v) is 8.38. The lowest BCUT2D eigenvalue weighted by molar-refractivity contribution is -0.122. The SMILES string of the molecule is COc1ccccc1C=C1SC(=O)N(CC(=O)c2ccccc2)C1=O. The van der Waals surface area contributed by atoms with Crippen molar-refractivity contribution >= 4 is 34.8 Å². The smallest absolute Gasteiger partial charge is 0.293 e. The topological polar surface area (TPSA) is 63.7 Å². The monoisotopic (exact) mass is 353 g/mol. The number of Topliss-reactive ketones (excluding diaryl/α,β-unsaturated/α-hetero) is 1. The fourth-order valence-corrected chi connectivity index (χ4v) is 3.25. The summed E-state index contributed by atoms with van der Waals surface area (Å²) in [4.78, 5) is 38.2. The van der Waals surface area contributed by atoms with Gasteiger partial charge in [-0.3, -0.25) is 19.3 Å². The summed E-state index contributed by atoms with van der Waals surface area (Å²) in [5.74, 6) is -0.138. The fourth-order valence-electron chi connectivity index (χ4n) is 2.42. The number of methoxy groups -OCH3 is 1. The molecule has 1 heterocycles. The second-order valence-corrected chi connectivity index (χ2v) is 6.29. The van der Waals surface area contributed by atoms with E-state index in [2.05, 4.69) is 0 Å². The molecule has 2 amide bonds. The van der Waals surface area contributed by atoms with E-state index in [0.29, 0.717) is 16.9 Å². The van der Waals surface area contributed by atoms with Crippen LogP contribution < -0.4 is 4.74 Å². The van der Waals surface area contributed by atoms with Crippen LogP contribution in [0.5, 0.6) is 5.75 Å². The van der Waals surface area contributed by atoms with Gasteiger partial charge in [0.2, 0.25) is 0 Å². The number of benzene rings is 2. The molecule has 0 radical (unpaired) electrons. The van der Waals surface area contributed by atoms with Gasteiger partial charge in [0.15, 0.2) is 5.78 Å². The Kier molecular flexibility index (Phi) is 5.00. The number of rotatable bonds is 5. The Balaban J connectivity index is 1.81. The van der Waals surface area contributed by atoms with Gasteiger partial charge >= 0.3 is 0 Å². The molecule has 1 fully saturated rings. The van der Waals surface area contributed by atoms with Crippen LogP contribution in [-0.4, -0.2) is 35.5 Å². The van der Waals surface area contributed by atoms with Crippen LogP contribution in [0.3, 0.4) is 0 Å². The molecule has 3 rings (SSSR count). The minimum atomic E-state index is -0.467. The van der Waals surface area contributed by atoms with Crippen LogP contribution in [-0.2, 0) is 4.79 Å². The minimum absolute atomic E-state index is 0.266. The molecule has 25 heavy (non-hydrogen) atoms. The van der Waals surface area contributed by atoms with Crippen LogP contribution in [0.2, 0.25) is 0 Å². The Labute approximate surface area is 149 Å². The first-order chi connectivity index (χ1) is 12.1. The normalized spacial score (nSPS) is 15.7. The molecule has 0 aliphatic carbocycles. The second kappa shape index (κ2) is 7.36. The van der Waals surface area contributed by atoms with E-state index in [-0.39, 0.29) is 17.2 Å². The number of imide groups is 1. The number of amides is 2. The van der Waals surface area contributed by atoms with Crippen LogP contribution in [0.4, 0.5) is 4.79 Å². The summed E-state index contributed by atoms with van der Waals surface area (Å²) in [5, 5.41) is -0.449. The highest BCUT2D eigenvalue weighted by Crippen LogP contribution is 2.33. The van der Waals surface area contributed by atoms with Crippen molar-refractivity contribution in [3.8, 4) is 5.75 Å². The van der Waals surface area contributed by atoms with E-state index < -0.39 is 11.1 Å². The molecule has 126 valence electrons. The van der Waals surface area contributed by atoms with Crippen LogP contribution in [0.25, 0.3) is 6.08 Å². The molecule has 2 aromatic rings. The molecule has 0 N–H and O–H groups in total. The van der Waals surface area contributed by atoms with E-state index in [0.717, 1.165) is 16.7 Å². The standard InChI is InChI=1S/C19H15NO4S/c1-24-16-10-6-5-9-14(16)11-17-18(22)20(19(23)25-17)12-15(21)13-7-3-2-4-8-13/h2-11H,12H2,1H3. The average Bonchev–Trinajstić information content (AvgIpc) is 2.90. The summed E-state index contributed by atoms with van der Waals surface area (Å²) in [6, 6.07) is 15.8. The molecule has 6 heteroatoms. The van der Waals surface area contributed by atoms with Crippen molar-refractivity contribution in [2.45, 2.75) is 0 Å². The van der Waals surface area contributed by atoms with Crippen molar-refractivity contribution in [3.05, 3.63) is 70.6 Å². The van der Waals surface area contributed by atoms with Gasteiger partial charge in [0.1, 0.15) is 5.75 Å². The lowest BCUT2D eigenvalue weighted by Crippen LogP contribution is -2.33. The van der Waals surface area contributed by atoms with Crippen molar-refractivity contribution in [2.75, 3.05) is 13.7 Å². The van der Waals surface area contributed by atoms with E-state index >= 15 is 0 Å². The largest absolute Gasteiger partial charge is 0.496 e. The van der Waals surface area contributed by atoms with Crippen molar-refractivity contribution < 1.29 is 19.1 Å². The summed E-state index contributed by atoms with van der Waals surface area (Å²) in [6.07, 6.45) is 1.61. The van der Waals surface area contributed by atoms with Gasteiger partial charge in [0.05, 0.1) is 18.6 Å². The molecule has 0 atom stereocenters. The quantitative estimate of drug-likeness (QED) is 0.607. The number of nitrogens with zero attached hydrogens (tertiary/aromatic N) is 1. The van der Waals surface area contributed by atoms with Gasteiger partial charge in [-0.1, -0.05) is 48.5 Å². The minimum Gasteiger partial charge on any atom is -0.496 e. The summed E-state index contributed by atoms with van der Waals surface area (Å²) >= 11 is 0.824. The van der Waals surface area contributed by atoms with Crippen molar-refractivity contribution in [2.24, 2.45) is 0 Å². The van der Waals surface area contributed by atoms with Gasteiger partial charge in [0, 0.05) is 11.1 Å². The van der Waals surface area contributed by atoms with E-state index in [1.807, 2.05) is 12.1 Å². The zero-order valence-corrected chi connectivity index (χ0v) is 14.3. The third kappa shape index (κ3) is 3.64. The Bertz CT molecular complexity index is 861. The maximum atomic E-state index is 12.5. The van der Waals surface area contributed by atoms with E-state index in [4.69, 9.17) is 4.74 Å². The highest BCUT2D eigenvalue weighted by Gasteiger charge is 2.36. The summed E-state index contributed by atoms with van der Waals surface area (Å²) < 4.78 is 5.25. The van der Waals surface area contributed by atoms with Gasteiger partial charge in [-0.25, -0.2) is 0 Å².